The summed E-state index contributed by atoms with van der Waals surface area (Å²) in [4.78, 5) is 7.03. The first-order chi connectivity index (χ1) is 14.0. The van der Waals surface area contributed by atoms with Crippen LogP contribution >= 0.6 is 0 Å². The Morgan fingerprint density at radius 1 is 1.21 bits per heavy atom. The van der Waals surface area contributed by atoms with E-state index in [9.17, 15) is 12.8 Å². The molecule has 0 bridgehead atoms. The van der Waals surface area contributed by atoms with Crippen LogP contribution in [-0.2, 0) is 10.0 Å². The van der Waals surface area contributed by atoms with Crippen molar-refractivity contribution in [2.24, 2.45) is 0 Å². The molecule has 29 heavy (non-hydrogen) atoms. The van der Waals surface area contributed by atoms with Crippen LogP contribution < -0.4 is 9.46 Å². The Labute approximate surface area is 167 Å². The maximum atomic E-state index is 14.6. The molecule has 2 heterocycles. The normalized spacial score (nSPS) is 19.6. The zero-order valence-electron chi connectivity index (χ0n) is 15.5. The molecule has 152 valence electrons. The first-order valence-corrected chi connectivity index (χ1v) is 10.7. The van der Waals surface area contributed by atoms with Gasteiger partial charge in [-0.15, -0.1) is 0 Å². The smallest absolute Gasteiger partial charge is 0.265 e. The van der Waals surface area contributed by atoms with Gasteiger partial charge in [0.05, 0.1) is 6.20 Å². The van der Waals surface area contributed by atoms with Crippen molar-refractivity contribution in [3.05, 3.63) is 60.6 Å². The summed E-state index contributed by atoms with van der Waals surface area (Å²) >= 11 is 0. The van der Waals surface area contributed by atoms with E-state index in [1.807, 2.05) is 6.20 Å². The number of benzene rings is 1. The highest BCUT2D eigenvalue weighted by Gasteiger charge is 2.29. The lowest BCUT2D eigenvalue weighted by atomic mass is 9.83. The van der Waals surface area contributed by atoms with Gasteiger partial charge in [0.25, 0.3) is 10.0 Å². The molecule has 1 fully saturated rings. The monoisotopic (exact) mass is 417 g/mol. The fraction of sp³-hybridized carbons (Fsp3) is 0.316. The molecule has 2 aromatic heterocycles. The number of aromatic nitrogens is 4. The van der Waals surface area contributed by atoms with Gasteiger partial charge in [0.15, 0.2) is 0 Å². The number of H-pyrrole nitrogens is 1. The second-order valence-electron chi connectivity index (χ2n) is 6.87. The molecule has 2 atom stereocenters. The highest BCUT2D eigenvalue weighted by Crippen LogP contribution is 2.35. The molecule has 2 N–H and O–H groups in total. The van der Waals surface area contributed by atoms with E-state index in [-0.39, 0.29) is 17.8 Å². The van der Waals surface area contributed by atoms with Gasteiger partial charge in [0, 0.05) is 24.4 Å². The fourth-order valence-corrected chi connectivity index (χ4v) is 4.64. The molecule has 4 rings (SSSR count). The number of rotatable bonds is 6. The van der Waals surface area contributed by atoms with Crippen molar-refractivity contribution in [2.45, 2.75) is 42.6 Å². The Morgan fingerprint density at radius 2 is 2.07 bits per heavy atom. The Kier molecular flexibility index (Phi) is 5.43. The minimum absolute atomic E-state index is 0.0601. The molecule has 0 aliphatic heterocycles. The summed E-state index contributed by atoms with van der Waals surface area (Å²) in [6, 6.07) is 5.16. The zero-order valence-corrected chi connectivity index (χ0v) is 16.3. The van der Waals surface area contributed by atoms with Gasteiger partial charge in [0.2, 0.25) is 0 Å². The average Bonchev–Trinajstić information content (AvgIpc) is 3.23. The number of hydrogen-bond acceptors (Lipinski definition) is 6. The fourth-order valence-electron chi connectivity index (χ4n) is 3.57. The minimum atomic E-state index is -4.12. The number of aromatic amines is 1. The maximum Gasteiger partial charge on any atom is 0.265 e. The molecule has 0 amide bonds. The summed E-state index contributed by atoms with van der Waals surface area (Å²) in [7, 11) is -4.12. The number of nitrogens with one attached hydrogen (secondary N) is 2. The molecule has 0 spiro atoms. The zero-order chi connectivity index (χ0) is 20.3. The lowest BCUT2D eigenvalue weighted by Crippen LogP contribution is -2.28. The van der Waals surface area contributed by atoms with E-state index in [4.69, 9.17) is 4.74 Å². The predicted molar refractivity (Wildman–Crippen MR) is 103 cm³/mol. The van der Waals surface area contributed by atoms with Crippen LogP contribution in [0, 0.1) is 5.82 Å². The number of nitrogens with zero attached hydrogens (tertiary/aromatic N) is 3. The van der Waals surface area contributed by atoms with Crippen LogP contribution in [0.1, 0.15) is 37.2 Å². The van der Waals surface area contributed by atoms with Crippen molar-refractivity contribution >= 4 is 15.8 Å². The SMILES string of the molecule is O=S(=O)(Nc1ccncn1)c1ccc(OC2CCCCC2c2cn[nH]c2)cc1F. The van der Waals surface area contributed by atoms with Gasteiger partial charge in [-0.2, -0.15) is 5.10 Å². The Morgan fingerprint density at radius 3 is 2.79 bits per heavy atom. The van der Waals surface area contributed by atoms with Crippen LogP contribution in [0.2, 0.25) is 0 Å². The van der Waals surface area contributed by atoms with E-state index < -0.39 is 20.7 Å². The number of sulfonamides is 1. The molecule has 0 radical (unpaired) electrons. The van der Waals surface area contributed by atoms with Crippen molar-refractivity contribution in [3.8, 4) is 5.75 Å². The molecule has 0 saturated heterocycles. The van der Waals surface area contributed by atoms with Crippen LogP contribution in [-0.4, -0.2) is 34.7 Å². The summed E-state index contributed by atoms with van der Waals surface area (Å²) in [5.41, 5.74) is 1.06. The Bertz CT molecular complexity index is 1060. The molecule has 1 aliphatic rings. The summed E-state index contributed by atoms with van der Waals surface area (Å²) in [6.07, 6.45) is 10.0. The molecule has 3 aromatic rings. The Hall–Kier alpha value is -3.01. The molecule has 1 aliphatic carbocycles. The number of anilines is 1. The molecule has 8 nitrogen and oxygen atoms in total. The third-order valence-electron chi connectivity index (χ3n) is 4.95. The standard InChI is InChI=1S/C19H20FN5O3S/c20-16-9-14(28-17-4-2-1-3-15(17)13-10-23-24-11-13)5-6-18(16)29(26,27)25-19-7-8-21-12-22-19/h5-12,15,17H,1-4H2,(H,23,24)(H,21,22,25). The minimum Gasteiger partial charge on any atom is -0.490 e. The summed E-state index contributed by atoms with van der Waals surface area (Å²) in [5.74, 6) is -0.373. The van der Waals surface area contributed by atoms with Gasteiger partial charge in [-0.3, -0.25) is 9.82 Å². The van der Waals surface area contributed by atoms with E-state index in [0.717, 1.165) is 37.3 Å². The maximum absolute atomic E-state index is 14.6. The van der Waals surface area contributed by atoms with Crippen LogP contribution in [0.5, 0.6) is 5.75 Å². The van der Waals surface area contributed by atoms with Gasteiger partial charge in [0.1, 0.15) is 34.7 Å². The first-order valence-electron chi connectivity index (χ1n) is 9.26. The van der Waals surface area contributed by atoms with E-state index in [1.165, 1.54) is 30.7 Å². The van der Waals surface area contributed by atoms with Gasteiger partial charge in [-0.05, 0) is 43.0 Å². The number of hydrogen-bond donors (Lipinski definition) is 2. The summed E-state index contributed by atoms with van der Waals surface area (Å²) in [5, 5.41) is 6.82. The van der Waals surface area contributed by atoms with Crippen molar-refractivity contribution in [1.29, 1.82) is 0 Å². The van der Waals surface area contributed by atoms with Crippen LogP contribution in [0.25, 0.3) is 0 Å². The van der Waals surface area contributed by atoms with E-state index >= 15 is 0 Å². The largest absolute Gasteiger partial charge is 0.490 e. The molecular weight excluding hydrogens is 397 g/mol. The summed E-state index contributed by atoms with van der Waals surface area (Å²) < 4.78 is 47.8. The van der Waals surface area contributed by atoms with Crippen molar-refractivity contribution in [2.75, 3.05) is 4.72 Å². The van der Waals surface area contributed by atoms with Crippen LogP contribution in [0.4, 0.5) is 10.2 Å². The molecule has 2 unspecified atom stereocenters. The van der Waals surface area contributed by atoms with Crippen molar-refractivity contribution < 1.29 is 17.5 Å². The molecule has 1 aromatic carbocycles. The first kappa shape index (κ1) is 19.3. The number of ether oxygens (including phenoxy) is 1. The average molecular weight is 417 g/mol. The van der Waals surface area contributed by atoms with Gasteiger partial charge < -0.3 is 4.74 Å². The highest BCUT2D eigenvalue weighted by atomic mass is 32.2. The third kappa shape index (κ3) is 4.37. The van der Waals surface area contributed by atoms with Crippen molar-refractivity contribution in [3.63, 3.8) is 0 Å². The second-order valence-corrected chi connectivity index (χ2v) is 8.52. The van der Waals surface area contributed by atoms with E-state index in [2.05, 4.69) is 24.9 Å². The van der Waals surface area contributed by atoms with Gasteiger partial charge in [-0.25, -0.2) is 22.8 Å². The lowest BCUT2D eigenvalue weighted by Gasteiger charge is -2.31. The topological polar surface area (TPSA) is 110 Å². The summed E-state index contributed by atoms with van der Waals surface area (Å²) in [6.45, 7) is 0. The number of halogens is 1. The van der Waals surface area contributed by atoms with Gasteiger partial charge >= 0.3 is 0 Å². The van der Waals surface area contributed by atoms with Crippen LogP contribution in [0.15, 0.2) is 54.1 Å². The highest BCUT2D eigenvalue weighted by molar-refractivity contribution is 7.92. The quantitative estimate of drug-likeness (QED) is 0.637. The van der Waals surface area contributed by atoms with Gasteiger partial charge in [-0.1, -0.05) is 6.42 Å². The lowest BCUT2D eigenvalue weighted by molar-refractivity contribution is 0.129. The third-order valence-corrected chi connectivity index (χ3v) is 6.34. The molecule has 10 heteroatoms. The van der Waals surface area contributed by atoms with E-state index in [1.54, 1.807) is 6.20 Å². The van der Waals surface area contributed by atoms with Crippen LogP contribution in [0.3, 0.4) is 0 Å². The predicted octanol–water partition coefficient (Wildman–Crippen LogP) is 3.24. The van der Waals surface area contributed by atoms with E-state index in [0.29, 0.717) is 5.75 Å². The van der Waals surface area contributed by atoms with Crippen molar-refractivity contribution in [1.82, 2.24) is 20.2 Å². The Balaban J connectivity index is 1.52. The second kappa shape index (κ2) is 8.16. The molecular formula is C19H20FN5O3S. The molecule has 1 saturated carbocycles.